The van der Waals surface area contributed by atoms with Crippen LogP contribution in [0.4, 0.5) is 0 Å². The Kier molecular flexibility index (Phi) is 3.38. The second-order valence-corrected chi connectivity index (χ2v) is 4.05. The normalized spacial score (nSPS) is 32.2. The maximum Gasteiger partial charge on any atom is 0.0153 e. The first-order valence-corrected chi connectivity index (χ1v) is 5.02. The predicted octanol–water partition coefficient (Wildman–Crippen LogP) is 2.71. The molecule has 0 spiro atoms. The number of hydrogen-bond acceptors (Lipinski definition) is 1. The molecule has 1 nitrogen and oxygen atoms in total. The van der Waals surface area contributed by atoms with Crippen molar-refractivity contribution in [2.45, 2.75) is 57.9 Å². The quantitative estimate of drug-likeness (QED) is 0.660. The summed E-state index contributed by atoms with van der Waals surface area (Å²) in [6, 6.07) is 0. The van der Waals surface area contributed by atoms with Crippen LogP contribution in [0.2, 0.25) is 0 Å². The summed E-state index contributed by atoms with van der Waals surface area (Å²) in [5, 5.41) is 3.63. The molecule has 11 heavy (non-hydrogen) atoms. The van der Waals surface area contributed by atoms with Crippen molar-refractivity contribution in [3.63, 3.8) is 0 Å². The molecule has 66 valence electrons. The third kappa shape index (κ3) is 2.82. The highest BCUT2D eigenvalue weighted by atomic mass is 15.0. The molecular formula is C10H21N. The lowest BCUT2D eigenvalue weighted by atomic mass is 9.86. The molecule has 0 aromatic carbocycles. The molecule has 1 aliphatic heterocycles. The van der Waals surface area contributed by atoms with Crippen LogP contribution in [-0.2, 0) is 0 Å². The fraction of sp³-hybridized carbons (Fsp3) is 1.00. The Morgan fingerprint density at radius 3 is 2.73 bits per heavy atom. The fourth-order valence-corrected chi connectivity index (χ4v) is 1.90. The van der Waals surface area contributed by atoms with Gasteiger partial charge < -0.3 is 5.32 Å². The van der Waals surface area contributed by atoms with Gasteiger partial charge in [-0.25, -0.2) is 0 Å². The van der Waals surface area contributed by atoms with Gasteiger partial charge in [0, 0.05) is 5.54 Å². The first-order chi connectivity index (χ1) is 5.27. The number of rotatable bonds is 3. The second kappa shape index (κ2) is 4.10. The van der Waals surface area contributed by atoms with Crippen LogP contribution < -0.4 is 5.32 Å². The first-order valence-electron chi connectivity index (χ1n) is 5.02. The Hall–Kier alpha value is -0.0400. The van der Waals surface area contributed by atoms with E-state index in [1.165, 1.54) is 45.1 Å². The van der Waals surface area contributed by atoms with Crippen LogP contribution in [0.5, 0.6) is 0 Å². The van der Waals surface area contributed by atoms with E-state index < -0.39 is 0 Å². The van der Waals surface area contributed by atoms with Gasteiger partial charge in [0.2, 0.25) is 0 Å². The van der Waals surface area contributed by atoms with Gasteiger partial charge in [-0.15, -0.1) is 0 Å². The Morgan fingerprint density at radius 1 is 1.36 bits per heavy atom. The van der Waals surface area contributed by atoms with Crippen molar-refractivity contribution >= 4 is 0 Å². The van der Waals surface area contributed by atoms with E-state index in [1.807, 2.05) is 0 Å². The minimum absolute atomic E-state index is 0.480. The van der Waals surface area contributed by atoms with Crippen molar-refractivity contribution < 1.29 is 0 Å². The molecule has 0 aliphatic carbocycles. The SMILES string of the molecule is CCCCC1(C)CCCCN1. The van der Waals surface area contributed by atoms with Crippen molar-refractivity contribution in [3.05, 3.63) is 0 Å². The summed E-state index contributed by atoms with van der Waals surface area (Å²) in [5.41, 5.74) is 0.480. The number of unbranched alkanes of at least 4 members (excludes halogenated alkanes) is 1. The molecule has 0 aromatic rings. The Bertz CT molecular complexity index is 103. The largest absolute Gasteiger partial charge is 0.312 e. The van der Waals surface area contributed by atoms with Crippen LogP contribution in [0.3, 0.4) is 0 Å². The average Bonchev–Trinajstić information content (AvgIpc) is 2.03. The van der Waals surface area contributed by atoms with Crippen molar-refractivity contribution in [3.8, 4) is 0 Å². The highest BCUT2D eigenvalue weighted by molar-refractivity contribution is 4.85. The van der Waals surface area contributed by atoms with Crippen LogP contribution in [0.15, 0.2) is 0 Å². The molecule has 1 rings (SSSR count). The molecule has 0 radical (unpaired) electrons. The standard InChI is InChI=1S/C10H21N/c1-3-4-7-10(2)8-5-6-9-11-10/h11H,3-9H2,1-2H3. The van der Waals surface area contributed by atoms with Gasteiger partial charge in [-0.1, -0.05) is 26.2 Å². The molecule has 1 saturated heterocycles. The van der Waals surface area contributed by atoms with Gasteiger partial charge in [-0.05, 0) is 32.7 Å². The zero-order chi connectivity index (χ0) is 8.16. The van der Waals surface area contributed by atoms with E-state index in [4.69, 9.17) is 0 Å². The third-order valence-electron chi connectivity index (χ3n) is 2.79. The molecule has 0 saturated carbocycles. The van der Waals surface area contributed by atoms with Crippen molar-refractivity contribution in [2.75, 3.05) is 6.54 Å². The van der Waals surface area contributed by atoms with Crippen molar-refractivity contribution in [2.24, 2.45) is 0 Å². The maximum atomic E-state index is 3.63. The lowest BCUT2D eigenvalue weighted by Crippen LogP contribution is -2.45. The zero-order valence-electron chi connectivity index (χ0n) is 7.95. The molecule has 1 unspecified atom stereocenters. The van der Waals surface area contributed by atoms with Crippen LogP contribution >= 0.6 is 0 Å². The van der Waals surface area contributed by atoms with E-state index in [-0.39, 0.29) is 0 Å². The van der Waals surface area contributed by atoms with Crippen LogP contribution in [0, 0.1) is 0 Å². The highest BCUT2D eigenvalue weighted by Crippen LogP contribution is 2.23. The monoisotopic (exact) mass is 155 g/mol. The van der Waals surface area contributed by atoms with E-state index >= 15 is 0 Å². The summed E-state index contributed by atoms with van der Waals surface area (Å²) in [6.45, 7) is 5.88. The van der Waals surface area contributed by atoms with Gasteiger partial charge in [0.25, 0.3) is 0 Å². The molecule has 1 fully saturated rings. The van der Waals surface area contributed by atoms with Crippen LogP contribution in [0.25, 0.3) is 0 Å². The average molecular weight is 155 g/mol. The number of piperidine rings is 1. The number of hydrogen-bond donors (Lipinski definition) is 1. The lowest BCUT2D eigenvalue weighted by molar-refractivity contribution is 0.255. The molecule has 1 aliphatic rings. The lowest BCUT2D eigenvalue weighted by Gasteiger charge is -2.35. The molecule has 1 N–H and O–H groups in total. The van der Waals surface area contributed by atoms with Gasteiger partial charge in [-0.2, -0.15) is 0 Å². The number of nitrogens with one attached hydrogen (secondary N) is 1. The van der Waals surface area contributed by atoms with E-state index in [0.717, 1.165) is 0 Å². The Morgan fingerprint density at radius 2 is 2.18 bits per heavy atom. The third-order valence-corrected chi connectivity index (χ3v) is 2.79. The Balaban J connectivity index is 2.25. The van der Waals surface area contributed by atoms with Gasteiger partial charge in [-0.3, -0.25) is 0 Å². The van der Waals surface area contributed by atoms with Gasteiger partial charge in [0.15, 0.2) is 0 Å². The highest BCUT2D eigenvalue weighted by Gasteiger charge is 2.24. The summed E-state index contributed by atoms with van der Waals surface area (Å²) in [6.07, 6.45) is 8.26. The van der Waals surface area contributed by atoms with E-state index in [2.05, 4.69) is 19.2 Å². The zero-order valence-corrected chi connectivity index (χ0v) is 7.95. The fourth-order valence-electron chi connectivity index (χ4n) is 1.90. The summed E-state index contributed by atoms with van der Waals surface area (Å²) >= 11 is 0. The molecule has 1 heterocycles. The van der Waals surface area contributed by atoms with Gasteiger partial charge in [0.1, 0.15) is 0 Å². The molecular weight excluding hydrogens is 134 g/mol. The second-order valence-electron chi connectivity index (χ2n) is 4.05. The molecule has 0 bridgehead atoms. The smallest absolute Gasteiger partial charge is 0.0153 e. The van der Waals surface area contributed by atoms with E-state index in [9.17, 15) is 0 Å². The first kappa shape index (κ1) is 9.05. The Labute approximate surface area is 70.6 Å². The van der Waals surface area contributed by atoms with Crippen molar-refractivity contribution in [1.29, 1.82) is 0 Å². The van der Waals surface area contributed by atoms with Crippen LogP contribution in [0.1, 0.15) is 52.4 Å². The topological polar surface area (TPSA) is 12.0 Å². The summed E-state index contributed by atoms with van der Waals surface area (Å²) in [7, 11) is 0. The van der Waals surface area contributed by atoms with Gasteiger partial charge >= 0.3 is 0 Å². The molecule has 0 aromatic heterocycles. The van der Waals surface area contributed by atoms with Crippen molar-refractivity contribution in [1.82, 2.24) is 5.32 Å². The van der Waals surface area contributed by atoms with E-state index in [0.29, 0.717) is 5.54 Å². The summed E-state index contributed by atoms with van der Waals surface area (Å²) < 4.78 is 0. The van der Waals surface area contributed by atoms with Crippen LogP contribution in [-0.4, -0.2) is 12.1 Å². The molecule has 1 heteroatoms. The summed E-state index contributed by atoms with van der Waals surface area (Å²) in [4.78, 5) is 0. The minimum Gasteiger partial charge on any atom is -0.312 e. The predicted molar refractivity (Wildman–Crippen MR) is 49.8 cm³/mol. The molecule has 0 amide bonds. The van der Waals surface area contributed by atoms with E-state index in [1.54, 1.807) is 0 Å². The summed E-state index contributed by atoms with van der Waals surface area (Å²) in [5.74, 6) is 0. The van der Waals surface area contributed by atoms with Gasteiger partial charge in [0.05, 0.1) is 0 Å². The molecule has 1 atom stereocenters. The maximum absolute atomic E-state index is 3.63. The minimum atomic E-state index is 0.480.